The van der Waals surface area contributed by atoms with Gasteiger partial charge in [-0.05, 0) is 32.5 Å². The van der Waals surface area contributed by atoms with E-state index in [2.05, 4.69) is 29.4 Å². The van der Waals surface area contributed by atoms with Gasteiger partial charge in [-0.1, -0.05) is 11.3 Å². The number of aromatic amines is 1. The second-order valence-corrected chi connectivity index (χ2v) is 5.39. The summed E-state index contributed by atoms with van der Waals surface area (Å²) in [6, 6.07) is 0. The summed E-state index contributed by atoms with van der Waals surface area (Å²) in [5, 5.41) is 11.1. The van der Waals surface area contributed by atoms with Crippen LogP contribution in [0.25, 0.3) is 0 Å². The van der Waals surface area contributed by atoms with Crippen LogP contribution in [0.15, 0.2) is 0 Å². The highest BCUT2D eigenvalue weighted by atomic mass is 32.1. The van der Waals surface area contributed by atoms with E-state index in [0.717, 1.165) is 18.2 Å². The lowest BCUT2D eigenvalue weighted by atomic mass is 9.95. The molecule has 14 heavy (non-hydrogen) atoms. The maximum Gasteiger partial charge on any atom is 0.204 e. The highest BCUT2D eigenvalue weighted by molar-refractivity contribution is 7.73. The van der Waals surface area contributed by atoms with Gasteiger partial charge in [0.1, 0.15) is 0 Å². The Bertz CT molecular complexity index is 375. The number of hydrogen-bond acceptors (Lipinski definition) is 5. The lowest BCUT2D eigenvalue weighted by molar-refractivity contribution is 0.105. The van der Waals surface area contributed by atoms with Gasteiger partial charge < -0.3 is 10.1 Å². The third-order valence-electron chi connectivity index (χ3n) is 2.72. The number of ether oxygens (including phenoxy) is 1. The molecule has 0 spiro atoms. The molecule has 1 aliphatic heterocycles. The average Bonchev–Trinajstić information content (AvgIpc) is 2.62. The van der Waals surface area contributed by atoms with E-state index in [1.807, 2.05) is 0 Å². The minimum atomic E-state index is -0.0204. The van der Waals surface area contributed by atoms with E-state index >= 15 is 0 Å². The van der Waals surface area contributed by atoms with Gasteiger partial charge >= 0.3 is 0 Å². The van der Waals surface area contributed by atoms with Crippen LogP contribution in [0.1, 0.15) is 20.3 Å². The van der Waals surface area contributed by atoms with E-state index in [4.69, 9.17) is 17.0 Å². The van der Waals surface area contributed by atoms with Gasteiger partial charge in [0.2, 0.25) is 5.13 Å². The van der Waals surface area contributed by atoms with Crippen molar-refractivity contribution in [3.63, 3.8) is 0 Å². The molecule has 2 heterocycles. The molecule has 2 rings (SSSR count). The van der Waals surface area contributed by atoms with Gasteiger partial charge in [0.25, 0.3) is 0 Å². The number of anilines is 1. The Morgan fingerprint density at radius 1 is 1.79 bits per heavy atom. The molecule has 0 saturated carbocycles. The first-order chi connectivity index (χ1) is 6.60. The molecule has 6 heteroatoms. The SMILES string of the molecule is CC1OCCC1(C)Nc1n[nH]c(=S)s1. The smallest absolute Gasteiger partial charge is 0.204 e. The van der Waals surface area contributed by atoms with E-state index in [-0.39, 0.29) is 11.6 Å². The highest BCUT2D eigenvalue weighted by Gasteiger charge is 2.37. The number of H-pyrrole nitrogens is 1. The molecule has 2 atom stereocenters. The van der Waals surface area contributed by atoms with Crippen molar-refractivity contribution in [1.82, 2.24) is 10.2 Å². The van der Waals surface area contributed by atoms with Crippen LogP contribution in [0, 0.1) is 3.95 Å². The number of nitrogens with zero attached hydrogens (tertiary/aromatic N) is 1. The third-order valence-corrected chi connectivity index (χ3v) is 3.72. The van der Waals surface area contributed by atoms with E-state index in [1.54, 1.807) is 0 Å². The molecule has 1 aromatic heterocycles. The van der Waals surface area contributed by atoms with Crippen molar-refractivity contribution in [3.05, 3.63) is 3.95 Å². The summed E-state index contributed by atoms with van der Waals surface area (Å²) < 4.78 is 6.22. The van der Waals surface area contributed by atoms with Gasteiger partial charge in [-0.15, -0.1) is 5.10 Å². The van der Waals surface area contributed by atoms with Crippen LogP contribution in [0.2, 0.25) is 0 Å². The molecule has 0 radical (unpaired) electrons. The molecular weight excluding hydrogens is 218 g/mol. The molecule has 0 bridgehead atoms. The monoisotopic (exact) mass is 231 g/mol. The van der Waals surface area contributed by atoms with E-state index in [0.29, 0.717) is 3.95 Å². The predicted molar refractivity (Wildman–Crippen MR) is 59.4 cm³/mol. The van der Waals surface area contributed by atoms with Crippen LogP contribution < -0.4 is 5.32 Å². The number of rotatable bonds is 2. The minimum absolute atomic E-state index is 0.0204. The number of hydrogen-bond donors (Lipinski definition) is 2. The summed E-state index contributed by atoms with van der Waals surface area (Å²) in [4.78, 5) is 0. The molecule has 0 amide bonds. The molecule has 1 saturated heterocycles. The fourth-order valence-electron chi connectivity index (χ4n) is 1.53. The number of nitrogens with one attached hydrogen (secondary N) is 2. The van der Waals surface area contributed by atoms with Crippen molar-refractivity contribution >= 4 is 28.7 Å². The molecule has 1 aliphatic rings. The molecule has 2 unspecified atom stereocenters. The summed E-state index contributed by atoms with van der Waals surface area (Å²) in [6.07, 6.45) is 1.21. The Labute approximate surface area is 91.7 Å². The zero-order valence-electron chi connectivity index (χ0n) is 8.16. The summed E-state index contributed by atoms with van der Waals surface area (Å²) >= 11 is 6.43. The Balaban J connectivity index is 2.13. The zero-order valence-corrected chi connectivity index (χ0v) is 9.80. The first-order valence-electron chi connectivity index (χ1n) is 4.55. The fourth-order valence-corrected chi connectivity index (χ4v) is 2.45. The Morgan fingerprint density at radius 2 is 2.57 bits per heavy atom. The molecule has 2 N–H and O–H groups in total. The third kappa shape index (κ3) is 1.82. The lowest BCUT2D eigenvalue weighted by Crippen LogP contribution is -2.41. The van der Waals surface area contributed by atoms with Gasteiger partial charge in [-0.3, -0.25) is 5.10 Å². The van der Waals surface area contributed by atoms with Crippen LogP contribution in [-0.2, 0) is 4.74 Å². The Hall–Kier alpha value is -0.460. The van der Waals surface area contributed by atoms with Gasteiger partial charge in [0.05, 0.1) is 11.6 Å². The van der Waals surface area contributed by atoms with Crippen molar-refractivity contribution in [2.75, 3.05) is 11.9 Å². The summed E-state index contributed by atoms with van der Waals surface area (Å²) in [6.45, 7) is 5.03. The van der Waals surface area contributed by atoms with Crippen molar-refractivity contribution in [1.29, 1.82) is 0 Å². The average molecular weight is 231 g/mol. The van der Waals surface area contributed by atoms with Gasteiger partial charge in [-0.2, -0.15) is 0 Å². The quantitative estimate of drug-likeness (QED) is 0.766. The summed E-state index contributed by atoms with van der Waals surface area (Å²) in [5.41, 5.74) is -0.0204. The first-order valence-corrected chi connectivity index (χ1v) is 5.78. The van der Waals surface area contributed by atoms with Crippen molar-refractivity contribution in [3.8, 4) is 0 Å². The lowest BCUT2D eigenvalue weighted by Gasteiger charge is -2.28. The standard InChI is InChI=1S/C8H13N3OS2/c1-5-8(2,3-4-12-5)9-6-10-11-7(13)14-6/h5H,3-4H2,1-2H3,(H,9,10)(H,11,13). The molecule has 4 nitrogen and oxygen atoms in total. The highest BCUT2D eigenvalue weighted by Crippen LogP contribution is 2.29. The van der Waals surface area contributed by atoms with Gasteiger partial charge in [0.15, 0.2) is 3.95 Å². The van der Waals surface area contributed by atoms with Gasteiger partial charge in [-0.25, -0.2) is 0 Å². The maximum atomic E-state index is 5.53. The van der Waals surface area contributed by atoms with Crippen LogP contribution in [0.4, 0.5) is 5.13 Å². The molecule has 0 aromatic carbocycles. The fraction of sp³-hybridized carbons (Fsp3) is 0.750. The first kappa shape index (κ1) is 10.1. The van der Waals surface area contributed by atoms with Crippen LogP contribution in [-0.4, -0.2) is 28.4 Å². The topological polar surface area (TPSA) is 49.9 Å². The summed E-state index contributed by atoms with van der Waals surface area (Å²) in [7, 11) is 0. The molecule has 0 aliphatic carbocycles. The van der Waals surface area contributed by atoms with Crippen molar-refractivity contribution in [2.45, 2.75) is 31.9 Å². The Kier molecular flexibility index (Phi) is 2.59. The van der Waals surface area contributed by atoms with Crippen LogP contribution in [0.5, 0.6) is 0 Å². The van der Waals surface area contributed by atoms with Crippen molar-refractivity contribution in [2.24, 2.45) is 0 Å². The van der Waals surface area contributed by atoms with E-state index < -0.39 is 0 Å². The number of aromatic nitrogens is 2. The van der Waals surface area contributed by atoms with E-state index in [9.17, 15) is 0 Å². The largest absolute Gasteiger partial charge is 0.376 e. The second kappa shape index (κ2) is 3.60. The maximum absolute atomic E-state index is 5.53. The predicted octanol–water partition coefficient (Wildman–Crippen LogP) is 2.18. The molecule has 78 valence electrons. The Morgan fingerprint density at radius 3 is 3.07 bits per heavy atom. The minimum Gasteiger partial charge on any atom is -0.376 e. The van der Waals surface area contributed by atoms with Crippen LogP contribution in [0.3, 0.4) is 0 Å². The second-order valence-electron chi connectivity index (χ2n) is 3.72. The normalized spacial score (nSPS) is 32.0. The molecular formula is C8H13N3OS2. The van der Waals surface area contributed by atoms with Crippen LogP contribution >= 0.6 is 23.6 Å². The van der Waals surface area contributed by atoms with Crippen molar-refractivity contribution < 1.29 is 4.74 Å². The zero-order chi connectivity index (χ0) is 10.2. The molecule has 1 fully saturated rings. The summed E-state index contributed by atoms with van der Waals surface area (Å²) in [5.74, 6) is 0. The molecule has 1 aromatic rings. The van der Waals surface area contributed by atoms with Gasteiger partial charge in [0, 0.05) is 6.61 Å². The van der Waals surface area contributed by atoms with E-state index in [1.165, 1.54) is 11.3 Å².